The molecule has 4 aliphatic carbocycles. The Morgan fingerprint density at radius 2 is 1.40 bits per heavy atom. The maximum atomic E-state index is 13.1. The molecule has 4 heteroatoms. The molecule has 30 heavy (non-hydrogen) atoms. The van der Waals surface area contributed by atoms with Gasteiger partial charge in [0.2, 0.25) is 5.91 Å². The van der Waals surface area contributed by atoms with Crippen LogP contribution in [-0.2, 0) is 15.6 Å². The third-order valence-corrected chi connectivity index (χ3v) is 7.65. The maximum Gasteiger partial charge on any atom is 0.246 e. The molecule has 4 saturated carbocycles. The topological polar surface area (TPSA) is 61.7 Å². The molecule has 4 aliphatic rings. The lowest BCUT2D eigenvalue weighted by Crippen LogP contribution is -2.52. The molecule has 0 aliphatic heterocycles. The van der Waals surface area contributed by atoms with E-state index in [0.29, 0.717) is 5.75 Å². The Kier molecular flexibility index (Phi) is 5.06. The minimum Gasteiger partial charge on any atom is -0.507 e. The number of carbonyl (C=O) groups excluding carboxylic acids is 1. The van der Waals surface area contributed by atoms with Crippen molar-refractivity contribution in [3.63, 3.8) is 0 Å². The number of benzene rings is 1. The smallest absolute Gasteiger partial charge is 0.246 e. The van der Waals surface area contributed by atoms with Crippen LogP contribution in [0.3, 0.4) is 0 Å². The van der Waals surface area contributed by atoms with Gasteiger partial charge in [-0.1, -0.05) is 41.5 Å². The molecule has 4 nitrogen and oxygen atoms in total. The Hall–Kier alpha value is -1.84. The molecule has 0 aromatic heterocycles. The Labute approximate surface area is 181 Å². The highest BCUT2D eigenvalue weighted by Crippen LogP contribution is 2.60. The number of amides is 1. The largest absolute Gasteiger partial charge is 0.507 e. The van der Waals surface area contributed by atoms with Crippen molar-refractivity contribution in [1.29, 1.82) is 0 Å². The zero-order valence-corrected chi connectivity index (χ0v) is 19.5. The maximum absolute atomic E-state index is 13.1. The fourth-order valence-electron chi connectivity index (χ4n) is 6.55. The highest BCUT2D eigenvalue weighted by atomic mass is 16.3. The summed E-state index contributed by atoms with van der Waals surface area (Å²) in [7, 11) is 0. The monoisotopic (exact) mass is 410 g/mol. The minimum absolute atomic E-state index is 0.115. The van der Waals surface area contributed by atoms with Gasteiger partial charge in [-0.2, -0.15) is 5.10 Å². The van der Waals surface area contributed by atoms with E-state index in [1.165, 1.54) is 19.3 Å². The average molecular weight is 411 g/mol. The van der Waals surface area contributed by atoms with Gasteiger partial charge < -0.3 is 5.11 Å². The summed E-state index contributed by atoms with van der Waals surface area (Å²) < 4.78 is 0. The van der Waals surface area contributed by atoms with E-state index >= 15 is 0 Å². The summed E-state index contributed by atoms with van der Waals surface area (Å²) in [6.07, 6.45) is 8.85. The van der Waals surface area contributed by atoms with Gasteiger partial charge in [0, 0.05) is 11.1 Å². The first kappa shape index (κ1) is 21.4. The van der Waals surface area contributed by atoms with Crippen molar-refractivity contribution in [2.45, 2.75) is 90.9 Å². The molecule has 0 saturated heterocycles. The predicted molar refractivity (Wildman–Crippen MR) is 122 cm³/mol. The number of hydrazone groups is 1. The molecule has 4 bridgehead atoms. The molecule has 2 N–H and O–H groups in total. The van der Waals surface area contributed by atoms with Crippen molar-refractivity contribution in [3.8, 4) is 5.75 Å². The molecular formula is C26H38N2O2. The van der Waals surface area contributed by atoms with Crippen LogP contribution in [0.15, 0.2) is 17.2 Å². The molecule has 4 fully saturated rings. The second kappa shape index (κ2) is 7.10. The average Bonchev–Trinajstić information content (AvgIpc) is 2.59. The van der Waals surface area contributed by atoms with Crippen LogP contribution in [0, 0.1) is 23.2 Å². The zero-order chi connectivity index (χ0) is 21.9. The Morgan fingerprint density at radius 1 is 0.967 bits per heavy atom. The van der Waals surface area contributed by atoms with Gasteiger partial charge >= 0.3 is 0 Å². The second-order valence-corrected chi connectivity index (χ2v) is 12.4. The fourth-order valence-corrected chi connectivity index (χ4v) is 6.55. The lowest BCUT2D eigenvalue weighted by molar-refractivity contribution is -0.146. The standard InChI is InChI=1S/C26H38N2O2/c1-24(2,3)20-10-19(11-21(22(20)29)25(4,5)6)15-27-28-23(30)26-12-16-7-17(13-26)9-18(8-16)14-26/h10-11,15-18,29H,7-9,12-14H2,1-6H3,(H,28,30)/b27-15+. The number of nitrogens with zero attached hydrogens (tertiary/aromatic N) is 1. The van der Waals surface area contributed by atoms with Crippen LogP contribution < -0.4 is 5.43 Å². The molecule has 1 amide bonds. The van der Waals surface area contributed by atoms with Crippen molar-refractivity contribution in [3.05, 3.63) is 28.8 Å². The lowest BCUT2D eigenvalue weighted by atomic mass is 9.49. The highest BCUT2D eigenvalue weighted by Gasteiger charge is 2.54. The summed E-state index contributed by atoms with van der Waals surface area (Å²) in [6.45, 7) is 12.6. The van der Waals surface area contributed by atoms with E-state index in [4.69, 9.17) is 0 Å². The third kappa shape index (κ3) is 3.90. The Morgan fingerprint density at radius 3 is 1.80 bits per heavy atom. The van der Waals surface area contributed by atoms with Crippen molar-refractivity contribution in [2.75, 3.05) is 0 Å². The number of rotatable bonds is 3. The summed E-state index contributed by atoms with van der Waals surface area (Å²) in [5.41, 5.74) is 5.06. The summed E-state index contributed by atoms with van der Waals surface area (Å²) in [6, 6.07) is 3.98. The molecular weight excluding hydrogens is 372 g/mol. The van der Waals surface area contributed by atoms with Gasteiger partial charge in [0.25, 0.3) is 0 Å². The molecule has 0 spiro atoms. The van der Waals surface area contributed by atoms with Crippen molar-refractivity contribution < 1.29 is 9.90 Å². The zero-order valence-electron chi connectivity index (χ0n) is 19.5. The van der Waals surface area contributed by atoms with Gasteiger partial charge in [-0.3, -0.25) is 4.79 Å². The molecule has 5 rings (SSSR count). The van der Waals surface area contributed by atoms with Crippen LogP contribution >= 0.6 is 0 Å². The predicted octanol–water partition coefficient (Wildman–Crippen LogP) is 5.65. The van der Waals surface area contributed by atoms with E-state index in [2.05, 4.69) is 52.1 Å². The molecule has 1 aromatic carbocycles. The van der Waals surface area contributed by atoms with Gasteiger partial charge in [-0.25, -0.2) is 5.43 Å². The number of hydrogen-bond acceptors (Lipinski definition) is 3. The van der Waals surface area contributed by atoms with E-state index in [1.54, 1.807) is 6.21 Å². The van der Waals surface area contributed by atoms with E-state index in [-0.39, 0.29) is 22.2 Å². The SMILES string of the molecule is CC(C)(C)c1cc(/C=N/NC(=O)C23CC4CC(CC(C4)C2)C3)cc(C(C)(C)C)c1O. The van der Waals surface area contributed by atoms with Crippen molar-refractivity contribution in [1.82, 2.24) is 5.43 Å². The van der Waals surface area contributed by atoms with Crippen LogP contribution in [0.25, 0.3) is 0 Å². The summed E-state index contributed by atoms with van der Waals surface area (Å²) in [4.78, 5) is 13.1. The fraction of sp³-hybridized carbons (Fsp3) is 0.692. The lowest BCUT2D eigenvalue weighted by Gasteiger charge is -2.55. The molecule has 0 radical (unpaired) electrons. The number of phenols is 1. The van der Waals surface area contributed by atoms with Gasteiger partial charge in [-0.15, -0.1) is 0 Å². The van der Waals surface area contributed by atoms with Crippen LogP contribution in [-0.4, -0.2) is 17.2 Å². The van der Waals surface area contributed by atoms with Crippen LogP contribution in [0.1, 0.15) is 96.8 Å². The number of carbonyl (C=O) groups is 1. The van der Waals surface area contributed by atoms with Gasteiger partial charge in [-0.05, 0) is 84.8 Å². The van der Waals surface area contributed by atoms with E-state index in [9.17, 15) is 9.90 Å². The van der Waals surface area contributed by atoms with Gasteiger partial charge in [0.05, 0.1) is 11.6 Å². The quantitative estimate of drug-likeness (QED) is 0.499. The van der Waals surface area contributed by atoms with Crippen LogP contribution in [0.5, 0.6) is 5.75 Å². The molecule has 1 aromatic rings. The molecule has 164 valence electrons. The van der Waals surface area contributed by atoms with Crippen molar-refractivity contribution in [2.24, 2.45) is 28.3 Å². The second-order valence-electron chi connectivity index (χ2n) is 12.4. The summed E-state index contributed by atoms with van der Waals surface area (Å²) >= 11 is 0. The number of nitrogens with one attached hydrogen (secondary N) is 1. The minimum atomic E-state index is -0.186. The molecule has 0 unspecified atom stereocenters. The van der Waals surface area contributed by atoms with Gasteiger partial charge in [0.15, 0.2) is 0 Å². The first-order chi connectivity index (χ1) is 13.9. The Balaban J connectivity index is 1.55. The van der Waals surface area contributed by atoms with E-state index in [1.807, 2.05) is 12.1 Å². The number of aromatic hydroxyl groups is 1. The molecule has 0 heterocycles. The third-order valence-electron chi connectivity index (χ3n) is 7.65. The van der Waals surface area contributed by atoms with Crippen LogP contribution in [0.2, 0.25) is 0 Å². The Bertz CT molecular complexity index is 800. The summed E-state index contributed by atoms with van der Waals surface area (Å²) in [5, 5.41) is 15.2. The van der Waals surface area contributed by atoms with Crippen LogP contribution in [0.4, 0.5) is 0 Å². The number of hydrogen-bond donors (Lipinski definition) is 2. The highest BCUT2D eigenvalue weighted by molar-refractivity contribution is 5.86. The van der Waals surface area contributed by atoms with E-state index in [0.717, 1.165) is 53.7 Å². The van der Waals surface area contributed by atoms with Gasteiger partial charge in [0.1, 0.15) is 5.75 Å². The first-order valence-electron chi connectivity index (χ1n) is 11.6. The first-order valence-corrected chi connectivity index (χ1v) is 11.6. The van der Waals surface area contributed by atoms with Crippen molar-refractivity contribution >= 4 is 12.1 Å². The summed E-state index contributed by atoms with van der Waals surface area (Å²) in [5.74, 6) is 2.71. The number of phenolic OH excluding ortho intramolecular Hbond substituents is 1. The molecule has 0 atom stereocenters. The van der Waals surface area contributed by atoms with E-state index < -0.39 is 0 Å². The normalized spacial score (nSPS) is 30.8.